The number of carbonyl (C=O) groups is 1. The molecule has 1 N–H and O–H groups in total. The topological polar surface area (TPSA) is 94.5 Å². The van der Waals surface area contributed by atoms with Crippen LogP contribution in [0.5, 0.6) is 11.6 Å². The molecule has 0 unspecified atom stereocenters. The molecule has 3 heterocycles. The molecule has 208 valence electrons. The summed E-state index contributed by atoms with van der Waals surface area (Å²) in [5.41, 5.74) is 0.620. The molecule has 4 aromatic rings. The first-order valence-corrected chi connectivity index (χ1v) is 13.1. The highest BCUT2D eigenvalue weighted by molar-refractivity contribution is 5.99. The number of benzene rings is 1. The van der Waals surface area contributed by atoms with Crippen molar-refractivity contribution < 1.29 is 27.8 Å². The maximum Gasteiger partial charge on any atom is 0.435 e. The molecular weight excluding hydrogens is 523 g/mol. The minimum Gasteiger partial charge on any atom is -0.436 e. The molecule has 0 spiro atoms. The standard InChI is InChI=1S/C29H28F3N5O3/c1-3-12-36-16-23(26(35-36)29(30,31)32)24-15-34-27-28(33-11-13-37(24)27)40-21-9-10-22(19(4-2)14-21)25(39)20-7-5-18(17-38)6-8-20/h1,9-11,13-16,18,20,38H,4-8,12,17H2,2H3. The Morgan fingerprint density at radius 2 is 2.00 bits per heavy atom. The van der Waals surface area contributed by atoms with E-state index in [1.54, 1.807) is 18.2 Å². The Morgan fingerprint density at radius 1 is 1.23 bits per heavy atom. The van der Waals surface area contributed by atoms with Gasteiger partial charge in [-0.1, -0.05) is 12.8 Å². The summed E-state index contributed by atoms with van der Waals surface area (Å²) in [4.78, 5) is 21.8. The van der Waals surface area contributed by atoms with Crippen molar-refractivity contribution in [1.82, 2.24) is 24.1 Å². The second-order valence-corrected chi connectivity index (χ2v) is 9.90. The average molecular weight is 552 g/mol. The lowest BCUT2D eigenvalue weighted by atomic mass is 9.78. The average Bonchev–Trinajstić information content (AvgIpc) is 3.58. The van der Waals surface area contributed by atoms with Crippen LogP contribution in [-0.2, 0) is 19.1 Å². The summed E-state index contributed by atoms with van der Waals surface area (Å²) in [7, 11) is 0. The number of rotatable bonds is 8. The van der Waals surface area contributed by atoms with Gasteiger partial charge in [-0.15, -0.1) is 6.42 Å². The van der Waals surface area contributed by atoms with Crippen molar-refractivity contribution >= 4 is 11.4 Å². The molecule has 0 bridgehead atoms. The summed E-state index contributed by atoms with van der Waals surface area (Å²) in [6.07, 6.45) is 9.83. The maximum atomic E-state index is 13.7. The number of hydrogen-bond acceptors (Lipinski definition) is 6. The van der Waals surface area contributed by atoms with Crippen LogP contribution in [0.15, 0.2) is 43.0 Å². The van der Waals surface area contributed by atoms with Gasteiger partial charge in [0, 0.05) is 36.7 Å². The first kappa shape index (κ1) is 27.4. The fourth-order valence-corrected chi connectivity index (χ4v) is 5.26. The van der Waals surface area contributed by atoms with Crippen LogP contribution in [0.2, 0.25) is 0 Å². The largest absolute Gasteiger partial charge is 0.436 e. The predicted octanol–water partition coefficient (Wildman–Crippen LogP) is 5.58. The van der Waals surface area contributed by atoms with Gasteiger partial charge in [0.15, 0.2) is 11.5 Å². The number of aromatic nitrogens is 5. The number of aliphatic hydroxyl groups excluding tert-OH is 1. The third kappa shape index (κ3) is 5.31. The number of ketones is 1. The Hall–Kier alpha value is -4.17. The predicted molar refractivity (Wildman–Crippen MR) is 141 cm³/mol. The van der Waals surface area contributed by atoms with Crippen LogP contribution in [0.3, 0.4) is 0 Å². The Bertz CT molecular complexity index is 1580. The Balaban J connectivity index is 1.43. The first-order chi connectivity index (χ1) is 19.2. The Kier molecular flexibility index (Phi) is 7.63. The number of halogens is 3. The molecule has 5 rings (SSSR count). The molecule has 1 aliphatic rings. The summed E-state index contributed by atoms with van der Waals surface area (Å²) in [6.45, 7) is 2.00. The van der Waals surface area contributed by atoms with Crippen molar-refractivity contribution in [2.24, 2.45) is 11.8 Å². The lowest BCUT2D eigenvalue weighted by Gasteiger charge is -2.26. The van der Waals surface area contributed by atoms with Crippen molar-refractivity contribution in [3.05, 3.63) is 59.8 Å². The minimum atomic E-state index is -4.69. The van der Waals surface area contributed by atoms with Gasteiger partial charge in [-0.25, -0.2) is 9.97 Å². The van der Waals surface area contributed by atoms with E-state index in [1.807, 2.05) is 6.92 Å². The molecule has 0 amide bonds. The van der Waals surface area contributed by atoms with E-state index in [9.17, 15) is 23.1 Å². The number of nitrogens with zero attached hydrogens (tertiary/aromatic N) is 5. The molecule has 1 saturated carbocycles. The number of aryl methyl sites for hydroxylation is 1. The van der Waals surface area contributed by atoms with Gasteiger partial charge >= 0.3 is 6.18 Å². The number of ether oxygens (including phenoxy) is 1. The van der Waals surface area contributed by atoms with Gasteiger partial charge in [0.05, 0.1) is 17.5 Å². The normalized spacial score (nSPS) is 17.6. The zero-order valence-electron chi connectivity index (χ0n) is 21.9. The molecule has 3 aromatic heterocycles. The Morgan fingerprint density at radius 3 is 2.67 bits per heavy atom. The number of carbonyl (C=O) groups excluding carboxylic acids is 1. The number of Topliss-reactive ketones (excluding diaryl/α,β-unsaturated/α-hetero) is 1. The van der Waals surface area contributed by atoms with Crippen molar-refractivity contribution in [3.63, 3.8) is 0 Å². The van der Waals surface area contributed by atoms with Gasteiger partial charge in [-0.2, -0.15) is 18.3 Å². The van der Waals surface area contributed by atoms with E-state index in [2.05, 4.69) is 21.0 Å². The summed E-state index contributed by atoms with van der Waals surface area (Å²) in [6, 6.07) is 5.22. The Labute approximate surface area is 228 Å². The van der Waals surface area contributed by atoms with Crippen LogP contribution in [0.25, 0.3) is 16.9 Å². The summed E-state index contributed by atoms with van der Waals surface area (Å²) < 4.78 is 49.8. The number of aliphatic hydroxyl groups is 1. The monoisotopic (exact) mass is 551 g/mol. The lowest BCUT2D eigenvalue weighted by Crippen LogP contribution is -2.24. The zero-order valence-corrected chi connectivity index (χ0v) is 21.9. The van der Waals surface area contributed by atoms with E-state index in [1.165, 1.54) is 29.2 Å². The molecule has 0 atom stereocenters. The van der Waals surface area contributed by atoms with Crippen molar-refractivity contribution in [1.29, 1.82) is 0 Å². The van der Waals surface area contributed by atoms with E-state index in [-0.39, 0.29) is 53.6 Å². The maximum absolute atomic E-state index is 13.7. The number of imidazole rings is 1. The molecule has 1 aromatic carbocycles. The number of fused-ring (bicyclic) bond motifs is 1. The molecular formula is C29H28F3N5O3. The molecule has 11 heteroatoms. The molecule has 8 nitrogen and oxygen atoms in total. The highest BCUT2D eigenvalue weighted by Crippen LogP contribution is 2.38. The smallest absolute Gasteiger partial charge is 0.435 e. The van der Waals surface area contributed by atoms with Crippen LogP contribution in [0, 0.1) is 24.2 Å². The molecule has 40 heavy (non-hydrogen) atoms. The third-order valence-electron chi connectivity index (χ3n) is 7.37. The van der Waals surface area contributed by atoms with Crippen molar-refractivity contribution in [3.8, 4) is 35.2 Å². The zero-order chi connectivity index (χ0) is 28.4. The first-order valence-electron chi connectivity index (χ1n) is 13.1. The fourth-order valence-electron chi connectivity index (χ4n) is 5.26. The van der Waals surface area contributed by atoms with E-state index in [0.29, 0.717) is 17.7 Å². The molecule has 0 radical (unpaired) electrons. The molecule has 0 saturated heterocycles. The lowest BCUT2D eigenvalue weighted by molar-refractivity contribution is -0.141. The summed E-state index contributed by atoms with van der Waals surface area (Å²) in [5, 5.41) is 13.0. The quantitative estimate of drug-likeness (QED) is 0.227. The van der Waals surface area contributed by atoms with Crippen LogP contribution in [0.4, 0.5) is 13.2 Å². The highest BCUT2D eigenvalue weighted by Gasteiger charge is 2.38. The van der Waals surface area contributed by atoms with Crippen LogP contribution in [-0.4, -0.2) is 41.6 Å². The number of terminal acetylenes is 1. The van der Waals surface area contributed by atoms with Gasteiger partial charge in [0.1, 0.15) is 12.3 Å². The second-order valence-electron chi connectivity index (χ2n) is 9.90. The van der Waals surface area contributed by atoms with Crippen LogP contribution >= 0.6 is 0 Å². The SMILES string of the molecule is C#CCn1cc(-c2cnc3c(Oc4ccc(C(=O)C5CCC(CO)CC5)c(CC)c4)nccn23)c(C(F)(F)F)n1. The van der Waals surface area contributed by atoms with Gasteiger partial charge in [-0.05, 0) is 61.8 Å². The number of hydrogen-bond donors (Lipinski definition) is 1. The molecule has 0 aliphatic heterocycles. The summed E-state index contributed by atoms with van der Waals surface area (Å²) in [5.74, 6) is 3.12. The van der Waals surface area contributed by atoms with E-state index < -0.39 is 11.9 Å². The molecule has 1 fully saturated rings. The fraction of sp³-hybridized carbons (Fsp3) is 0.379. The van der Waals surface area contributed by atoms with Gasteiger partial charge in [-0.3, -0.25) is 13.9 Å². The number of alkyl halides is 3. The minimum absolute atomic E-state index is 0.0646. The summed E-state index contributed by atoms with van der Waals surface area (Å²) >= 11 is 0. The van der Waals surface area contributed by atoms with E-state index in [0.717, 1.165) is 35.9 Å². The van der Waals surface area contributed by atoms with E-state index >= 15 is 0 Å². The second kappa shape index (κ2) is 11.1. The van der Waals surface area contributed by atoms with Crippen molar-refractivity contribution in [2.75, 3.05) is 6.61 Å². The van der Waals surface area contributed by atoms with Crippen LogP contribution < -0.4 is 4.74 Å². The van der Waals surface area contributed by atoms with E-state index in [4.69, 9.17) is 11.2 Å². The van der Waals surface area contributed by atoms with Gasteiger partial charge in [0.2, 0.25) is 5.65 Å². The van der Waals surface area contributed by atoms with Crippen molar-refractivity contribution in [2.45, 2.75) is 51.7 Å². The molecule has 1 aliphatic carbocycles. The van der Waals surface area contributed by atoms with Gasteiger partial charge < -0.3 is 9.84 Å². The third-order valence-corrected chi connectivity index (χ3v) is 7.37. The van der Waals surface area contributed by atoms with Crippen LogP contribution in [0.1, 0.15) is 54.2 Å². The highest BCUT2D eigenvalue weighted by atomic mass is 19.4. The van der Waals surface area contributed by atoms with Gasteiger partial charge in [0.25, 0.3) is 5.88 Å².